The predicted molar refractivity (Wildman–Crippen MR) is 106 cm³/mol. The summed E-state index contributed by atoms with van der Waals surface area (Å²) in [5.41, 5.74) is 6.89. The van der Waals surface area contributed by atoms with Crippen molar-refractivity contribution in [3.63, 3.8) is 0 Å². The lowest BCUT2D eigenvalue weighted by molar-refractivity contribution is -0.138. The van der Waals surface area contributed by atoms with Gasteiger partial charge in [0.25, 0.3) is 0 Å². The molecule has 1 saturated heterocycles. The topological polar surface area (TPSA) is 65.2 Å². The van der Waals surface area contributed by atoms with Crippen molar-refractivity contribution in [2.24, 2.45) is 16.1 Å². The van der Waals surface area contributed by atoms with Gasteiger partial charge in [0.05, 0.1) is 12.0 Å². The van der Waals surface area contributed by atoms with Crippen LogP contribution in [0.2, 0.25) is 0 Å². The molecule has 2 fully saturated rings. The molecule has 1 amide bonds. The van der Waals surface area contributed by atoms with Gasteiger partial charge in [-0.3, -0.25) is 9.79 Å². The molecule has 0 spiro atoms. The summed E-state index contributed by atoms with van der Waals surface area (Å²) in [5.74, 6) is 0.464. The van der Waals surface area contributed by atoms with Crippen LogP contribution in [0.5, 0.6) is 0 Å². The highest BCUT2D eigenvalue weighted by Crippen LogP contribution is 2.39. The fraction of sp³-hybridized carbons (Fsp3) is 0.600. The highest BCUT2D eigenvalue weighted by Gasteiger charge is 2.42. The Morgan fingerprint density at radius 3 is 2.30 bits per heavy atom. The number of hydrogen-bond acceptors (Lipinski definition) is 3. The molecule has 0 radical (unpaired) electrons. The zero-order valence-corrected chi connectivity index (χ0v) is 16.3. The van der Waals surface area contributed by atoms with Gasteiger partial charge in [0, 0.05) is 46.0 Å². The molecule has 1 saturated carbocycles. The molecule has 1 aliphatic carbocycles. The first kappa shape index (κ1) is 19.5. The molecule has 0 atom stereocenters. The van der Waals surface area contributed by atoms with Crippen molar-refractivity contribution in [3.05, 3.63) is 30.1 Å². The summed E-state index contributed by atoms with van der Waals surface area (Å²) in [4.78, 5) is 23.2. The minimum absolute atomic E-state index is 0.165. The molecule has 7 heteroatoms. The van der Waals surface area contributed by atoms with Crippen molar-refractivity contribution in [1.29, 1.82) is 0 Å². The minimum atomic E-state index is -0.385. The Labute approximate surface area is 160 Å². The Bertz CT molecular complexity index is 674. The maximum absolute atomic E-state index is 13.1. The summed E-state index contributed by atoms with van der Waals surface area (Å²) >= 11 is 0. The molecular formula is C20H30FN5O. The summed E-state index contributed by atoms with van der Waals surface area (Å²) in [7, 11) is 3.62. The van der Waals surface area contributed by atoms with Crippen molar-refractivity contribution in [3.8, 4) is 0 Å². The Morgan fingerprint density at radius 1 is 1.15 bits per heavy atom. The van der Waals surface area contributed by atoms with E-state index in [4.69, 9.17) is 5.73 Å². The molecule has 6 nitrogen and oxygen atoms in total. The van der Waals surface area contributed by atoms with E-state index in [-0.39, 0.29) is 17.1 Å². The van der Waals surface area contributed by atoms with E-state index < -0.39 is 0 Å². The van der Waals surface area contributed by atoms with Crippen LogP contribution in [-0.4, -0.2) is 68.5 Å². The normalized spacial score (nSPS) is 20.0. The molecule has 1 aliphatic heterocycles. The second-order valence-corrected chi connectivity index (χ2v) is 7.81. The number of aliphatic imine (C=N–C) groups is 1. The largest absolute Gasteiger partial charge is 0.370 e. The summed E-state index contributed by atoms with van der Waals surface area (Å²) in [6.45, 7) is 3.62. The fourth-order valence-corrected chi connectivity index (χ4v) is 4.14. The van der Waals surface area contributed by atoms with E-state index in [0.29, 0.717) is 12.5 Å². The van der Waals surface area contributed by atoms with Gasteiger partial charge in [-0.2, -0.15) is 0 Å². The van der Waals surface area contributed by atoms with Gasteiger partial charge in [-0.05, 0) is 37.1 Å². The van der Waals surface area contributed by atoms with Gasteiger partial charge >= 0.3 is 0 Å². The van der Waals surface area contributed by atoms with Crippen molar-refractivity contribution in [1.82, 2.24) is 9.80 Å². The van der Waals surface area contributed by atoms with E-state index in [2.05, 4.69) is 14.8 Å². The number of benzene rings is 1. The van der Waals surface area contributed by atoms with Gasteiger partial charge in [-0.25, -0.2) is 4.39 Å². The van der Waals surface area contributed by atoms with Crippen LogP contribution in [0.25, 0.3) is 0 Å². The molecule has 0 aromatic heterocycles. The lowest BCUT2D eigenvalue weighted by Gasteiger charge is -2.37. The average molecular weight is 375 g/mol. The van der Waals surface area contributed by atoms with Crippen LogP contribution in [0, 0.1) is 11.2 Å². The summed E-state index contributed by atoms with van der Waals surface area (Å²) in [6.07, 6.45) is 3.93. The van der Waals surface area contributed by atoms with Crippen LogP contribution < -0.4 is 10.6 Å². The smallest absolute Gasteiger partial charge is 0.230 e. The molecule has 0 unspecified atom stereocenters. The Morgan fingerprint density at radius 2 is 1.74 bits per heavy atom. The molecule has 2 N–H and O–H groups in total. The molecule has 27 heavy (non-hydrogen) atoms. The fourth-order valence-electron chi connectivity index (χ4n) is 4.14. The average Bonchev–Trinajstić information content (AvgIpc) is 3.16. The Kier molecular flexibility index (Phi) is 5.87. The first-order valence-electron chi connectivity index (χ1n) is 9.68. The maximum Gasteiger partial charge on any atom is 0.230 e. The number of halogens is 1. The first-order valence-corrected chi connectivity index (χ1v) is 9.68. The molecule has 2 aliphatic rings. The SMILES string of the molecule is CN(C)C(=O)C1(CN=C(N)N2CCN(c3ccc(F)cc3)CC2)CCCC1. The highest BCUT2D eigenvalue weighted by atomic mass is 19.1. The third-order valence-corrected chi connectivity index (χ3v) is 5.76. The number of nitrogens with two attached hydrogens (primary N) is 1. The standard InChI is InChI=1S/C20H30FN5O/c1-24(2)18(27)20(9-3-4-10-20)15-23-19(22)26-13-11-25(12-14-26)17-7-5-16(21)6-8-17/h5-8H,3-4,9-15H2,1-2H3,(H2,22,23). The monoisotopic (exact) mass is 375 g/mol. The van der Waals surface area contributed by atoms with E-state index >= 15 is 0 Å². The van der Waals surface area contributed by atoms with Gasteiger partial charge < -0.3 is 20.4 Å². The first-order chi connectivity index (χ1) is 12.9. The van der Waals surface area contributed by atoms with Gasteiger partial charge in [0.15, 0.2) is 5.96 Å². The van der Waals surface area contributed by atoms with Crippen LogP contribution in [0.15, 0.2) is 29.3 Å². The van der Waals surface area contributed by atoms with Crippen LogP contribution in [-0.2, 0) is 4.79 Å². The lowest BCUT2D eigenvalue weighted by Crippen LogP contribution is -2.51. The zero-order chi connectivity index (χ0) is 19.4. The quantitative estimate of drug-likeness (QED) is 0.645. The highest BCUT2D eigenvalue weighted by molar-refractivity contribution is 5.84. The van der Waals surface area contributed by atoms with Crippen molar-refractivity contribution < 1.29 is 9.18 Å². The number of piperazine rings is 1. The Hall–Kier alpha value is -2.31. The number of amides is 1. The summed E-state index contributed by atoms with van der Waals surface area (Å²) in [6, 6.07) is 6.58. The number of carbonyl (C=O) groups excluding carboxylic acids is 1. The number of nitrogens with zero attached hydrogens (tertiary/aromatic N) is 4. The molecule has 1 heterocycles. The van der Waals surface area contributed by atoms with E-state index in [1.54, 1.807) is 17.0 Å². The number of anilines is 1. The summed E-state index contributed by atoms with van der Waals surface area (Å²) < 4.78 is 13.1. The van der Waals surface area contributed by atoms with Crippen molar-refractivity contribution in [2.45, 2.75) is 25.7 Å². The van der Waals surface area contributed by atoms with Crippen LogP contribution >= 0.6 is 0 Å². The number of rotatable bonds is 4. The number of guanidine groups is 1. The van der Waals surface area contributed by atoms with Gasteiger partial charge in [0.2, 0.25) is 5.91 Å². The molecule has 148 valence electrons. The molecular weight excluding hydrogens is 345 g/mol. The van der Waals surface area contributed by atoms with E-state index in [1.807, 2.05) is 14.1 Å². The minimum Gasteiger partial charge on any atom is -0.370 e. The van der Waals surface area contributed by atoms with E-state index in [1.165, 1.54) is 12.1 Å². The maximum atomic E-state index is 13.1. The van der Waals surface area contributed by atoms with Gasteiger partial charge in [0.1, 0.15) is 5.82 Å². The van der Waals surface area contributed by atoms with Crippen molar-refractivity contribution in [2.75, 3.05) is 51.7 Å². The number of carbonyl (C=O) groups is 1. The van der Waals surface area contributed by atoms with Crippen LogP contribution in [0.3, 0.4) is 0 Å². The second-order valence-electron chi connectivity index (χ2n) is 7.81. The van der Waals surface area contributed by atoms with Crippen LogP contribution in [0.1, 0.15) is 25.7 Å². The lowest BCUT2D eigenvalue weighted by atomic mass is 9.85. The van der Waals surface area contributed by atoms with E-state index in [9.17, 15) is 9.18 Å². The van der Waals surface area contributed by atoms with Crippen LogP contribution in [0.4, 0.5) is 10.1 Å². The third kappa shape index (κ3) is 4.34. The van der Waals surface area contributed by atoms with E-state index in [0.717, 1.165) is 57.5 Å². The molecule has 0 bridgehead atoms. The number of hydrogen-bond donors (Lipinski definition) is 1. The predicted octanol–water partition coefficient (Wildman–Crippen LogP) is 1.91. The third-order valence-electron chi connectivity index (χ3n) is 5.76. The molecule has 3 rings (SSSR count). The molecule has 1 aromatic carbocycles. The Balaban J connectivity index is 1.59. The summed E-state index contributed by atoms with van der Waals surface area (Å²) in [5, 5.41) is 0. The second kappa shape index (κ2) is 8.15. The molecule has 1 aromatic rings. The van der Waals surface area contributed by atoms with Gasteiger partial charge in [-0.15, -0.1) is 0 Å². The van der Waals surface area contributed by atoms with Crippen molar-refractivity contribution >= 4 is 17.6 Å². The zero-order valence-electron chi connectivity index (χ0n) is 16.3. The van der Waals surface area contributed by atoms with Gasteiger partial charge in [-0.1, -0.05) is 12.8 Å².